The second-order valence-electron chi connectivity index (χ2n) is 6.03. The zero-order valence-electron chi connectivity index (χ0n) is 13.6. The van der Waals surface area contributed by atoms with Crippen LogP contribution in [0.15, 0.2) is 34.9 Å². The van der Waals surface area contributed by atoms with Crippen LogP contribution >= 0.6 is 11.6 Å². The van der Waals surface area contributed by atoms with Crippen molar-refractivity contribution in [3.63, 3.8) is 0 Å². The highest BCUT2D eigenvalue weighted by atomic mass is 35.5. The molecule has 1 atom stereocenters. The average molecular weight is 363 g/mol. The number of halogens is 1. The van der Waals surface area contributed by atoms with Crippen molar-refractivity contribution in [2.75, 3.05) is 13.1 Å². The molecule has 7 nitrogen and oxygen atoms in total. The van der Waals surface area contributed by atoms with Crippen LogP contribution in [-0.2, 0) is 11.3 Å². The summed E-state index contributed by atoms with van der Waals surface area (Å²) in [6, 6.07) is 8.78. The maximum atomic E-state index is 12.2. The molecule has 8 heteroatoms. The van der Waals surface area contributed by atoms with Crippen LogP contribution in [-0.4, -0.2) is 35.1 Å². The number of amides is 3. The summed E-state index contributed by atoms with van der Waals surface area (Å²) in [6.07, 6.45) is 1.50. The fourth-order valence-electron chi connectivity index (χ4n) is 2.82. The molecule has 1 aliphatic rings. The van der Waals surface area contributed by atoms with Gasteiger partial charge in [0.25, 0.3) is 0 Å². The van der Waals surface area contributed by atoms with Crippen LogP contribution in [0.25, 0.3) is 11.3 Å². The lowest BCUT2D eigenvalue weighted by atomic mass is 9.98. The van der Waals surface area contributed by atoms with E-state index < -0.39 is 0 Å². The largest absolute Gasteiger partial charge is 0.369 e. The van der Waals surface area contributed by atoms with E-state index in [1.165, 1.54) is 0 Å². The van der Waals surface area contributed by atoms with Crippen LogP contribution in [0.4, 0.5) is 4.79 Å². The van der Waals surface area contributed by atoms with Crippen molar-refractivity contribution in [1.29, 1.82) is 0 Å². The number of primary amides is 1. The minimum atomic E-state index is -0.361. The van der Waals surface area contributed by atoms with E-state index in [1.54, 1.807) is 23.1 Å². The summed E-state index contributed by atoms with van der Waals surface area (Å²) in [7, 11) is 0. The Morgan fingerprint density at radius 2 is 2.12 bits per heavy atom. The highest BCUT2D eigenvalue weighted by molar-refractivity contribution is 6.30. The molecule has 3 N–H and O–H groups in total. The predicted octanol–water partition coefficient (Wildman–Crippen LogP) is 2.40. The predicted molar refractivity (Wildman–Crippen MR) is 92.7 cm³/mol. The van der Waals surface area contributed by atoms with Gasteiger partial charge in [0.1, 0.15) is 5.69 Å². The van der Waals surface area contributed by atoms with Crippen molar-refractivity contribution >= 4 is 23.5 Å². The molecule has 0 spiro atoms. The number of piperidine rings is 1. The summed E-state index contributed by atoms with van der Waals surface area (Å²) in [5.74, 6) is -0.0941. The summed E-state index contributed by atoms with van der Waals surface area (Å²) < 4.78 is 5.26. The van der Waals surface area contributed by atoms with Gasteiger partial charge in [-0.25, -0.2) is 4.79 Å². The Labute approximate surface area is 150 Å². The van der Waals surface area contributed by atoms with Crippen molar-refractivity contribution in [2.45, 2.75) is 19.4 Å². The van der Waals surface area contributed by atoms with Gasteiger partial charge in [-0.1, -0.05) is 28.9 Å². The molecule has 3 rings (SSSR count). The Balaban J connectivity index is 1.56. The van der Waals surface area contributed by atoms with Crippen LogP contribution in [0.1, 0.15) is 18.6 Å². The van der Waals surface area contributed by atoms with Crippen molar-refractivity contribution < 1.29 is 14.1 Å². The van der Waals surface area contributed by atoms with Crippen LogP contribution in [0.3, 0.4) is 0 Å². The van der Waals surface area contributed by atoms with Crippen LogP contribution < -0.4 is 11.1 Å². The Morgan fingerprint density at radius 3 is 2.84 bits per heavy atom. The minimum Gasteiger partial charge on any atom is -0.369 e. The molecule has 0 unspecified atom stereocenters. The zero-order chi connectivity index (χ0) is 17.8. The third-order valence-electron chi connectivity index (χ3n) is 4.22. The Hall–Kier alpha value is -2.54. The maximum absolute atomic E-state index is 12.2. The van der Waals surface area contributed by atoms with Gasteiger partial charge in [-0.15, -0.1) is 0 Å². The van der Waals surface area contributed by atoms with Gasteiger partial charge in [0, 0.05) is 29.7 Å². The first-order valence-corrected chi connectivity index (χ1v) is 8.44. The lowest BCUT2D eigenvalue weighted by Crippen LogP contribution is -2.47. The number of nitrogens with zero attached hydrogens (tertiary/aromatic N) is 2. The number of nitrogens with two attached hydrogens (primary N) is 1. The molecule has 1 saturated heterocycles. The summed E-state index contributed by atoms with van der Waals surface area (Å²) in [6.45, 7) is 1.19. The van der Waals surface area contributed by atoms with E-state index in [1.807, 2.05) is 12.1 Å². The number of hydrogen-bond donors (Lipinski definition) is 2. The van der Waals surface area contributed by atoms with Crippen molar-refractivity contribution in [3.05, 3.63) is 41.1 Å². The van der Waals surface area contributed by atoms with Crippen LogP contribution in [0, 0.1) is 5.92 Å². The summed E-state index contributed by atoms with van der Waals surface area (Å²) in [4.78, 5) is 25.1. The van der Waals surface area contributed by atoms with Crippen molar-refractivity contribution in [1.82, 2.24) is 15.4 Å². The number of likely N-dealkylation sites (tertiary alicyclic amines) is 1. The molecule has 1 aromatic heterocycles. The smallest absolute Gasteiger partial charge is 0.317 e. The molecule has 0 radical (unpaired) electrons. The number of urea groups is 1. The molecule has 1 aliphatic heterocycles. The van der Waals surface area contributed by atoms with E-state index in [0.717, 1.165) is 18.4 Å². The van der Waals surface area contributed by atoms with Crippen LogP contribution in [0.2, 0.25) is 5.02 Å². The quantitative estimate of drug-likeness (QED) is 0.871. The second kappa shape index (κ2) is 7.57. The zero-order valence-corrected chi connectivity index (χ0v) is 14.3. The third-order valence-corrected chi connectivity index (χ3v) is 4.48. The Kier molecular flexibility index (Phi) is 5.23. The van der Waals surface area contributed by atoms with Gasteiger partial charge in [-0.3, -0.25) is 4.79 Å². The molecule has 1 aromatic carbocycles. The first-order chi connectivity index (χ1) is 12.0. The Bertz CT molecular complexity index is 760. The number of benzene rings is 1. The molecule has 25 heavy (non-hydrogen) atoms. The van der Waals surface area contributed by atoms with E-state index in [-0.39, 0.29) is 24.4 Å². The molecule has 0 saturated carbocycles. The van der Waals surface area contributed by atoms with Gasteiger partial charge < -0.3 is 20.5 Å². The van der Waals surface area contributed by atoms with Gasteiger partial charge in [0.15, 0.2) is 5.76 Å². The molecule has 2 aromatic rings. The number of aromatic nitrogens is 1. The lowest BCUT2D eigenvalue weighted by Gasteiger charge is -2.31. The Morgan fingerprint density at radius 1 is 1.36 bits per heavy atom. The van der Waals surface area contributed by atoms with E-state index >= 15 is 0 Å². The molecular formula is C17H19ClN4O3. The van der Waals surface area contributed by atoms with E-state index in [4.69, 9.17) is 21.9 Å². The number of carbonyl (C=O) groups is 2. The minimum absolute atomic E-state index is 0.219. The number of rotatable bonds is 4. The molecular weight excluding hydrogens is 344 g/mol. The second-order valence-corrected chi connectivity index (χ2v) is 6.47. The fourth-order valence-corrected chi connectivity index (χ4v) is 2.95. The number of carbonyl (C=O) groups excluding carboxylic acids is 2. The molecule has 3 amide bonds. The first-order valence-electron chi connectivity index (χ1n) is 8.06. The summed E-state index contributed by atoms with van der Waals surface area (Å²) >= 11 is 5.87. The number of nitrogens with one attached hydrogen (secondary N) is 1. The maximum Gasteiger partial charge on any atom is 0.317 e. The molecule has 1 fully saturated rings. The summed E-state index contributed by atoms with van der Waals surface area (Å²) in [5.41, 5.74) is 6.89. The van der Waals surface area contributed by atoms with Gasteiger partial charge in [-0.2, -0.15) is 0 Å². The lowest BCUT2D eigenvalue weighted by molar-refractivity contribution is -0.123. The molecule has 132 valence electrons. The van der Waals surface area contributed by atoms with E-state index in [2.05, 4.69) is 10.5 Å². The molecule has 0 aliphatic carbocycles. The SMILES string of the molecule is NC(=O)[C@H]1CCCN(C(=O)NCc2cc(-c3ccc(Cl)cc3)no2)C1. The van der Waals surface area contributed by atoms with Gasteiger partial charge in [0.2, 0.25) is 5.91 Å². The van der Waals surface area contributed by atoms with Gasteiger partial charge in [-0.05, 0) is 25.0 Å². The van der Waals surface area contributed by atoms with E-state index in [9.17, 15) is 9.59 Å². The molecule has 2 heterocycles. The number of hydrogen-bond acceptors (Lipinski definition) is 4. The first kappa shape index (κ1) is 17.3. The summed E-state index contributed by atoms with van der Waals surface area (Å²) in [5, 5.41) is 7.43. The highest BCUT2D eigenvalue weighted by Gasteiger charge is 2.26. The fraction of sp³-hybridized carbons (Fsp3) is 0.353. The monoisotopic (exact) mass is 362 g/mol. The highest BCUT2D eigenvalue weighted by Crippen LogP contribution is 2.21. The average Bonchev–Trinajstić information content (AvgIpc) is 3.09. The topological polar surface area (TPSA) is 101 Å². The molecule has 0 bridgehead atoms. The standard InChI is InChI=1S/C17H19ClN4O3/c18-13-5-3-11(4-6-13)15-8-14(25-21-15)9-20-17(24)22-7-1-2-12(10-22)16(19)23/h3-6,8,12H,1-2,7,9-10H2,(H2,19,23)(H,20,24)/t12-/m0/s1. The van der Waals surface area contributed by atoms with E-state index in [0.29, 0.717) is 29.6 Å². The third kappa shape index (κ3) is 4.30. The van der Waals surface area contributed by atoms with Crippen molar-refractivity contribution in [2.24, 2.45) is 11.7 Å². The normalized spacial score (nSPS) is 17.3. The van der Waals surface area contributed by atoms with Crippen molar-refractivity contribution in [3.8, 4) is 11.3 Å². The van der Waals surface area contributed by atoms with Gasteiger partial charge >= 0.3 is 6.03 Å². The van der Waals surface area contributed by atoms with Gasteiger partial charge in [0.05, 0.1) is 12.5 Å². The van der Waals surface area contributed by atoms with Crippen LogP contribution in [0.5, 0.6) is 0 Å².